The molecule has 7 heteroatoms. The molecular formula is C24H22ClN3O2S. The van der Waals surface area contributed by atoms with E-state index >= 15 is 0 Å². The summed E-state index contributed by atoms with van der Waals surface area (Å²) >= 11 is 7.94. The summed E-state index contributed by atoms with van der Waals surface area (Å²) in [5, 5.41) is 0.753. The second kappa shape index (κ2) is 8.73. The van der Waals surface area contributed by atoms with Gasteiger partial charge in [-0.3, -0.25) is 4.98 Å². The molecule has 0 N–H and O–H groups in total. The summed E-state index contributed by atoms with van der Waals surface area (Å²) < 4.78 is 7.13. The Labute approximate surface area is 190 Å². The van der Waals surface area contributed by atoms with E-state index < -0.39 is 11.7 Å². The van der Waals surface area contributed by atoms with Crippen LogP contribution in [-0.2, 0) is 10.5 Å². The minimum absolute atomic E-state index is 0.457. The maximum Gasteiger partial charge on any atom is 0.420 e. The maximum atomic E-state index is 13.0. The van der Waals surface area contributed by atoms with E-state index in [0.717, 1.165) is 21.2 Å². The normalized spacial score (nSPS) is 11.6. The van der Waals surface area contributed by atoms with Crippen molar-refractivity contribution in [1.29, 1.82) is 0 Å². The van der Waals surface area contributed by atoms with Gasteiger partial charge in [-0.25, -0.2) is 14.3 Å². The number of rotatable bonds is 4. The number of pyridine rings is 1. The van der Waals surface area contributed by atoms with Crippen molar-refractivity contribution in [3.63, 3.8) is 0 Å². The van der Waals surface area contributed by atoms with Gasteiger partial charge in [-0.05, 0) is 62.7 Å². The number of carbonyl (C=O) groups excluding carboxylic acids is 1. The van der Waals surface area contributed by atoms with E-state index in [1.165, 1.54) is 4.57 Å². The zero-order valence-electron chi connectivity index (χ0n) is 17.5. The molecule has 0 unspecified atom stereocenters. The van der Waals surface area contributed by atoms with Crippen LogP contribution < -0.4 is 0 Å². The highest BCUT2D eigenvalue weighted by molar-refractivity contribution is 7.98. The number of ether oxygens (including phenoxy) is 1. The third-order valence-corrected chi connectivity index (χ3v) is 5.86. The lowest BCUT2D eigenvalue weighted by atomic mass is 10.2. The molecular weight excluding hydrogens is 430 g/mol. The van der Waals surface area contributed by atoms with Gasteiger partial charge < -0.3 is 4.74 Å². The van der Waals surface area contributed by atoms with Gasteiger partial charge in [0.2, 0.25) is 0 Å². The van der Waals surface area contributed by atoms with Crippen molar-refractivity contribution in [1.82, 2.24) is 14.5 Å². The fourth-order valence-electron chi connectivity index (χ4n) is 3.09. The second-order valence-corrected chi connectivity index (χ2v) is 9.45. The summed E-state index contributed by atoms with van der Waals surface area (Å²) in [5.41, 5.74) is 2.44. The smallest absolute Gasteiger partial charge is 0.420 e. The Bertz CT molecular complexity index is 1230. The number of hydrogen-bond acceptors (Lipinski definition) is 5. The first-order valence-electron chi connectivity index (χ1n) is 9.85. The largest absolute Gasteiger partial charge is 0.443 e. The number of nitrogens with zero attached hydrogens (tertiary/aromatic N) is 3. The topological polar surface area (TPSA) is 57.0 Å². The first-order chi connectivity index (χ1) is 14.8. The molecule has 0 bridgehead atoms. The summed E-state index contributed by atoms with van der Waals surface area (Å²) in [6.07, 6.45) is 1.20. The van der Waals surface area contributed by atoms with Gasteiger partial charge in [-0.1, -0.05) is 35.9 Å². The molecule has 0 aliphatic heterocycles. The third-order valence-electron chi connectivity index (χ3n) is 4.45. The number of carbonyl (C=O) groups is 1. The van der Waals surface area contributed by atoms with Crippen LogP contribution in [-0.4, -0.2) is 26.2 Å². The predicted octanol–water partition coefficient (Wildman–Crippen LogP) is 6.83. The van der Waals surface area contributed by atoms with Gasteiger partial charge in [-0.15, -0.1) is 11.8 Å². The summed E-state index contributed by atoms with van der Waals surface area (Å²) in [6.45, 7) is 5.52. The molecule has 0 aliphatic rings. The number of benzene rings is 2. The van der Waals surface area contributed by atoms with Gasteiger partial charge in [0.05, 0.1) is 11.0 Å². The summed E-state index contributed by atoms with van der Waals surface area (Å²) in [4.78, 5) is 23.2. The van der Waals surface area contributed by atoms with Gasteiger partial charge in [0.1, 0.15) is 11.3 Å². The molecule has 0 amide bonds. The summed E-state index contributed by atoms with van der Waals surface area (Å²) in [5.74, 6) is 1.20. The van der Waals surface area contributed by atoms with Crippen LogP contribution in [0.25, 0.3) is 22.6 Å². The van der Waals surface area contributed by atoms with Crippen LogP contribution in [0.1, 0.15) is 26.3 Å². The van der Waals surface area contributed by atoms with Crippen LogP contribution in [0.2, 0.25) is 5.02 Å². The standard InChI is InChI=1S/C24H22ClN3O2S/c1-24(2,3)30-23(29)28-21-12-11-17(31-15-16-8-4-5-9-18(16)25)14-20(21)27-22(28)19-10-6-7-13-26-19/h4-14H,15H2,1-3H3. The van der Waals surface area contributed by atoms with E-state index in [9.17, 15) is 4.79 Å². The van der Waals surface area contributed by atoms with Crippen LogP contribution in [0.15, 0.2) is 71.8 Å². The van der Waals surface area contributed by atoms with Crippen molar-refractivity contribution >= 4 is 40.5 Å². The first kappa shape index (κ1) is 21.4. The molecule has 4 rings (SSSR count). The average Bonchev–Trinajstić information content (AvgIpc) is 3.11. The minimum atomic E-state index is -0.625. The molecule has 0 saturated carbocycles. The van der Waals surface area contributed by atoms with Crippen LogP contribution in [0.4, 0.5) is 4.79 Å². The van der Waals surface area contributed by atoms with E-state index in [4.69, 9.17) is 21.3 Å². The quantitative estimate of drug-likeness (QED) is 0.318. The highest BCUT2D eigenvalue weighted by Gasteiger charge is 2.24. The Morgan fingerprint density at radius 3 is 2.58 bits per heavy atom. The molecule has 0 fully saturated rings. The fraction of sp³-hybridized carbons (Fsp3) is 0.208. The van der Waals surface area contributed by atoms with Crippen molar-refractivity contribution in [3.8, 4) is 11.5 Å². The molecule has 5 nitrogen and oxygen atoms in total. The number of imidazole rings is 1. The molecule has 0 atom stereocenters. The van der Waals surface area contributed by atoms with Crippen LogP contribution in [0, 0.1) is 0 Å². The van der Waals surface area contributed by atoms with Gasteiger partial charge in [0, 0.05) is 21.9 Å². The molecule has 31 heavy (non-hydrogen) atoms. The van der Waals surface area contributed by atoms with Crippen LogP contribution in [0.5, 0.6) is 0 Å². The number of fused-ring (bicyclic) bond motifs is 1. The zero-order valence-corrected chi connectivity index (χ0v) is 19.1. The molecule has 0 radical (unpaired) electrons. The van der Waals surface area contributed by atoms with Gasteiger partial charge >= 0.3 is 6.09 Å². The molecule has 158 valence electrons. The number of halogens is 1. The molecule has 0 spiro atoms. The Hall–Kier alpha value is -2.83. The van der Waals surface area contributed by atoms with Crippen LogP contribution >= 0.6 is 23.4 Å². The Morgan fingerprint density at radius 2 is 1.87 bits per heavy atom. The molecule has 4 aromatic rings. The van der Waals surface area contributed by atoms with E-state index in [2.05, 4.69) is 4.98 Å². The molecule has 0 saturated heterocycles. The summed E-state index contributed by atoms with van der Waals surface area (Å²) in [6, 6.07) is 19.2. The monoisotopic (exact) mass is 451 g/mol. The fourth-order valence-corrected chi connectivity index (χ4v) is 4.30. The lowest BCUT2D eigenvalue weighted by molar-refractivity contribution is 0.0546. The highest BCUT2D eigenvalue weighted by Crippen LogP contribution is 2.31. The van der Waals surface area contributed by atoms with E-state index in [1.807, 2.05) is 81.4 Å². The van der Waals surface area contributed by atoms with Gasteiger partial charge in [-0.2, -0.15) is 0 Å². The SMILES string of the molecule is CC(C)(C)OC(=O)n1c(-c2ccccn2)nc2cc(SCc3ccccc3Cl)ccc21. The predicted molar refractivity (Wildman–Crippen MR) is 126 cm³/mol. The Kier molecular flexibility index (Phi) is 6.03. The molecule has 2 heterocycles. The third kappa shape index (κ3) is 4.92. The first-order valence-corrected chi connectivity index (χ1v) is 11.2. The van der Waals surface area contributed by atoms with Crippen molar-refractivity contribution in [2.75, 3.05) is 0 Å². The minimum Gasteiger partial charge on any atom is -0.443 e. The Morgan fingerprint density at radius 1 is 1.10 bits per heavy atom. The van der Waals surface area contributed by atoms with Crippen molar-refractivity contribution in [3.05, 3.63) is 77.4 Å². The second-order valence-electron chi connectivity index (χ2n) is 8.00. The lowest BCUT2D eigenvalue weighted by Crippen LogP contribution is -2.27. The lowest BCUT2D eigenvalue weighted by Gasteiger charge is -2.20. The van der Waals surface area contributed by atoms with Crippen LogP contribution in [0.3, 0.4) is 0 Å². The van der Waals surface area contributed by atoms with Gasteiger partial charge in [0.25, 0.3) is 0 Å². The Balaban J connectivity index is 1.72. The van der Waals surface area contributed by atoms with Gasteiger partial charge in [0.15, 0.2) is 5.82 Å². The van der Waals surface area contributed by atoms with Crippen molar-refractivity contribution < 1.29 is 9.53 Å². The number of hydrogen-bond donors (Lipinski definition) is 0. The highest BCUT2D eigenvalue weighted by atomic mass is 35.5. The average molecular weight is 452 g/mol. The molecule has 2 aromatic carbocycles. The zero-order chi connectivity index (χ0) is 22.0. The maximum absolute atomic E-state index is 13.0. The van der Waals surface area contributed by atoms with Crippen molar-refractivity contribution in [2.45, 2.75) is 37.0 Å². The van der Waals surface area contributed by atoms with E-state index in [-0.39, 0.29) is 0 Å². The number of thioether (sulfide) groups is 1. The van der Waals surface area contributed by atoms with E-state index in [0.29, 0.717) is 22.6 Å². The molecule has 0 aliphatic carbocycles. The molecule has 2 aromatic heterocycles. The van der Waals surface area contributed by atoms with Crippen molar-refractivity contribution in [2.24, 2.45) is 0 Å². The van der Waals surface area contributed by atoms with E-state index in [1.54, 1.807) is 18.0 Å². The summed E-state index contributed by atoms with van der Waals surface area (Å²) in [7, 11) is 0. The number of aromatic nitrogens is 3.